The number of hydrogen-bond donors (Lipinski definition) is 1. The molecule has 1 aromatic heterocycles. The van der Waals surface area contributed by atoms with Crippen LogP contribution in [0.2, 0.25) is 0 Å². The van der Waals surface area contributed by atoms with Gasteiger partial charge in [-0.25, -0.2) is 13.2 Å². The Balaban J connectivity index is 1.34. The van der Waals surface area contributed by atoms with Gasteiger partial charge in [0, 0.05) is 23.6 Å². The fraction of sp³-hybridized carbons (Fsp3) is 0.391. The quantitative estimate of drug-likeness (QED) is 0.461. The highest BCUT2D eigenvalue weighted by atomic mass is 19.3. The molecule has 1 aliphatic heterocycles. The molecule has 3 nitrogen and oxygen atoms in total. The van der Waals surface area contributed by atoms with E-state index in [2.05, 4.69) is 9.88 Å². The third-order valence-corrected chi connectivity index (χ3v) is 5.76. The van der Waals surface area contributed by atoms with E-state index in [0.717, 1.165) is 48.0 Å². The van der Waals surface area contributed by atoms with Crippen LogP contribution in [0.3, 0.4) is 0 Å². The molecule has 31 heavy (non-hydrogen) atoms. The van der Waals surface area contributed by atoms with Crippen LogP contribution in [-0.4, -0.2) is 41.9 Å². The Labute approximate surface area is 176 Å². The molecule has 0 bridgehead atoms. The molecule has 0 saturated carbocycles. The Bertz CT molecular complexity index is 1030. The number of benzene rings is 2. The van der Waals surface area contributed by atoms with Crippen molar-refractivity contribution in [2.75, 3.05) is 19.7 Å². The molecule has 0 spiro atoms. The van der Waals surface area contributed by atoms with Crippen molar-refractivity contribution in [3.05, 3.63) is 65.6 Å². The van der Waals surface area contributed by atoms with Crippen molar-refractivity contribution in [3.8, 4) is 5.75 Å². The lowest BCUT2D eigenvalue weighted by Gasteiger charge is -2.32. The number of rotatable bonds is 7. The first-order valence-corrected chi connectivity index (χ1v) is 10.2. The van der Waals surface area contributed by atoms with Crippen molar-refractivity contribution in [1.29, 1.82) is 0 Å². The zero-order chi connectivity index (χ0) is 22.0. The molecule has 1 fully saturated rings. The van der Waals surface area contributed by atoms with Crippen molar-refractivity contribution >= 4 is 10.9 Å². The fourth-order valence-corrected chi connectivity index (χ4v) is 4.09. The van der Waals surface area contributed by atoms with E-state index in [9.17, 15) is 22.0 Å². The second-order valence-corrected chi connectivity index (χ2v) is 7.98. The molecule has 0 unspecified atom stereocenters. The molecule has 1 saturated heterocycles. The van der Waals surface area contributed by atoms with E-state index in [0.29, 0.717) is 12.5 Å². The minimum absolute atomic E-state index is 0.147. The number of alkyl halides is 4. The maximum Gasteiger partial charge on any atom is 0.340 e. The van der Waals surface area contributed by atoms with Crippen LogP contribution in [0.1, 0.15) is 29.9 Å². The van der Waals surface area contributed by atoms with Gasteiger partial charge in [-0.3, -0.25) is 4.90 Å². The number of halogens is 5. The van der Waals surface area contributed by atoms with Gasteiger partial charge in [-0.05, 0) is 73.3 Å². The summed E-state index contributed by atoms with van der Waals surface area (Å²) in [5, 5.41) is 0.920. The van der Waals surface area contributed by atoms with Crippen LogP contribution in [0.25, 0.3) is 10.9 Å². The average Bonchev–Trinajstić information content (AvgIpc) is 3.16. The highest BCUT2D eigenvalue weighted by Gasteiger charge is 2.41. The van der Waals surface area contributed by atoms with Crippen LogP contribution in [-0.2, 0) is 6.54 Å². The van der Waals surface area contributed by atoms with Crippen LogP contribution in [0.15, 0.2) is 48.7 Å². The Morgan fingerprint density at radius 1 is 1.10 bits per heavy atom. The van der Waals surface area contributed by atoms with Crippen molar-refractivity contribution in [2.24, 2.45) is 0 Å². The van der Waals surface area contributed by atoms with Crippen molar-refractivity contribution in [3.63, 3.8) is 0 Å². The van der Waals surface area contributed by atoms with Gasteiger partial charge >= 0.3 is 12.3 Å². The van der Waals surface area contributed by atoms with Crippen LogP contribution >= 0.6 is 0 Å². The number of nitrogens with zero attached hydrogens (tertiary/aromatic N) is 1. The first-order chi connectivity index (χ1) is 14.8. The van der Waals surface area contributed by atoms with Crippen molar-refractivity contribution in [1.82, 2.24) is 9.88 Å². The Kier molecular flexibility index (Phi) is 6.18. The topological polar surface area (TPSA) is 28.3 Å². The van der Waals surface area contributed by atoms with Gasteiger partial charge in [0.05, 0.1) is 0 Å². The number of hydrogen-bond acceptors (Lipinski definition) is 2. The number of fused-ring (bicyclic) bond motifs is 1. The summed E-state index contributed by atoms with van der Waals surface area (Å²) in [4.78, 5) is 5.45. The average molecular weight is 438 g/mol. The molecule has 1 aliphatic rings. The summed E-state index contributed by atoms with van der Waals surface area (Å²) >= 11 is 0. The predicted molar refractivity (Wildman–Crippen MR) is 108 cm³/mol. The largest absolute Gasteiger partial charge is 0.487 e. The summed E-state index contributed by atoms with van der Waals surface area (Å²) in [5.74, 6) is -3.95. The molecule has 8 heteroatoms. The maximum atomic E-state index is 13.6. The molecule has 0 aliphatic carbocycles. The van der Waals surface area contributed by atoms with E-state index < -0.39 is 19.0 Å². The molecule has 0 atom stereocenters. The van der Waals surface area contributed by atoms with Gasteiger partial charge in [0.25, 0.3) is 0 Å². The number of H-pyrrole nitrogens is 1. The van der Waals surface area contributed by atoms with E-state index in [4.69, 9.17) is 4.74 Å². The highest BCUT2D eigenvalue weighted by Crippen LogP contribution is 2.34. The lowest BCUT2D eigenvalue weighted by molar-refractivity contribution is -0.148. The number of aromatic amines is 1. The molecule has 0 amide bonds. The van der Waals surface area contributed by atoms with Gasteiger partial charge < -0.3 is 9.72 Å². The third-order valence-electron chi connectivity index (χ3n) is 5.76. The van der Waals surface area contributed by atoms with Crippen LogP contribution in [0.4, 0.5) is 22.0 Å². The molecular formula is C23H23F5N2O. The van der Waals surface area contributed by atoms with E-state index in [-0.39, 0.29) is 11.6 Å². The minimum Gasteiger partial charge on any atom is -0.487 e. The normalized spacial score (nSPS) is 16.3. The SMILES string of the molecule is Fc1ccc2[nH]cc(C3CCN(Cc4cccc(OCC(F)(F)C(F)F)c4)CC3)c2c1. The first kappa shape index (κ1) is 21.6. The summed E-state index contributed by atoms with van der Waals surface area (Å²) in [6.45, 7) is 0.921. The molecule has 0 radical (unpaired) electrons. The minimum atomic E-state index is -4.18. The van der Waals surface area contributed by atoms with Crippen LogP contribution in [0.5, 0.6) is 5.75 Å². The number of ether oxygens (including phenoxy) is 1. The second kappa shape index (κ2) is 8.86. The van der Waals surface area contributed by atoms with E-state index in [1.54, 1.807) is 24.3 Å². The highest BCUT2D eigenvalue weighted by molar-refractivity contribution is 5.83. The lowest BCUT2D eigenvalue weighted by Crippen LogP contribution is -2.34. The fourth-order valence-electron chi connectivity index (χ4n) is 4.09. The Morgan fingerprint density at radius 3 is 2.61 bits per heavy atom. The summed E-state index contributed by atoms with van der Waals surface area (Å²) in [6.07, 6.45) is 0.0339. The molecule has 2 heterocycles. The summed E-state index contributed by atoms with van der Waals surface area (Å²) in [7, 11) is 0. The van der Waals surface area contributed by atoms with E-state index in [1.807, 2.05) is 12.3 Å². The molecule has 1 N–H and O–H groups in total. The summed E-state index contributed by atoms with van der Waals surface area (Å²) in [5.41, 5.74) is 2.92. The number of likely N-dealkylation sites (tertiary alicyclic amines) is 1. The number of piperidine rings is 1. The number of aromatic nitrogens is 1. The monoisotopic (exact) mass is 438 g/mol. The Hall–Kier alpha value is -2.61. The zero-order valence-corrected chi connectivity index (χ0v) is 16.8. The third kappa shape index (κ3) is 5.01. The van der Waals surface area contributed by atoms with Gasteiger partial charge in [-0.1, -0.05) is 12.1 Å². The first-order valence-electron chi connectivity index (χ1n) is 10.2. The van der Waals surface area contributed by atoms with Crippen molar-refractivity contribution in [2.45, 2.75) is 37.7 Å². The smallest absolute Gasteiger partial charge is 0.340 e. The lowest BCUT2D eigenvalue weighted by atomic mass is 9.89. The van der Waals surface area contributed by atoms with Gasteiger partial charge in [0.2, 0.25) is 0 Å². The van der Waals surface area contributed by atoms with E-state index >= 15 is 0 Å². The van der Waals surface area contributed by atoms with Gasteiger partial charge in [-0.15, -0.1) is 0 Å². The number of nitrogens with one attached hydrogen (secondary N) is 1. The molecule has 166 valence electrons. The van der Waals surface area contributed by atoms with Crippen LogP contribution < -0.4 is 4.74 Å². The Morgan fingerprint density at radius 2 is 1.87 bits per heavy atom. The molecular weight excluding hydrogens is 415 g/mol. The van der Waals surface area contributed by atoms with Crippen LogP contribution in [0, 0.1) is 5.82 Å². The molecule has 3 aromatic rings. The summed E-state index contributed by atoms with van der Waals surface area (Å²) in [6, 6.07) is 11.4. The van der Waals surface area contributed by atoms with Gasteiger partial charge in [0.1, 0.15) is 11.6 Å². The second-order valence-electron chi connectivity index (χ2n) is 7.98. The predicted octanol–water partition coefficient (Wildman–Crippen LogP) is 5.97. The molecule has 4 rings (SSSR count). The van der Waals surface area contributed by atoms with Gasteiger partial charge in [0.15, 0.2) is 6.61 Å². The summed E-state index contributed by atoms with van der Waals surface area (Å²) < 4.78 is 69.3. The standard InChI is InChI=1S/C23H23F5N2O/c24-17-4-5-21-19(11-17)20(12-29-21)16-6-8-30(9-7-16)13-15-2-1-3-18(10-15)31-14-23(27,28)22(25)26/h1-5,10-12,16,22,29H,6-9,13-14H2. The van der Waals surface area contributed by atoms with Crippen molar-refractivity contribution < 1.29 is 26.7 Å². The van der Waals surface area contributed by atoms with E-state index in [1.165, 1.54) is 12.1 Å². The zero-order valence-electron chi connectivity index (χ0n) is 16.8. The molecule has 2 aromatic carbocycles. The maximum absolute atomic E-state index is 13.6. The van der Waals surface area contributed by atoms with Gasteiger partial charge in [-0.2, -0.15) is 8.78 Å².